The highest BCUT2D eigenvalue weighted by Crippen LogP contribution is 2.36. The van der Waals surface area contributed by atoms with Crippen LogP contribution in [0.25, 0.3) is 0 Å². The van der Waals surface area contributed by atoms with Crippen LogP contribution in [0.2, 0.25) is 0 Å². The van der Waals surface area contributed by atoms with Crippen molar-refractivity contribution in [1.29, 1.82) is 0 Å². The molecule has 2 aromatic rings. The monoisotopic (exact) mass is 409 g/mol. The molecular formula is C24H31N3O3. The molecule has 0 radical (unpaired) electrons. The van der Waals surface area contributed by atoms with Crippen LogP contribution in [-0.2, 0) is 0 Å². The van der Waals surface area contributed by atoms with Crippen molar-refractivity contribution < 1.29 is 14.2 Å². The molecule has 0 saturated carbocycles. The van der Waals surface area contributed by atoms with Gasteiger partial charge in [-0.2, -0.15) is 0 Å². The van der Waals surface area contributed by atoms with Crippen LogP contribution >= 0.6 is 0 Å². The first kappa shape index (κ1) is 19.4. The highest BCUT2D eigenvalue weighted by atomic mass is 16.7. The van der Waals surface area contributed by atoms with Crippen LogP contribution in [0.4, 0.5) is 11.4 Å². The first-order valence-corrected chi connectivity index (χ1v) is 11.1. The molecule has 6 nitrogen and oxygen atoms in total. The molecule has 30 heavy (non-hydrogen) atoms. The average Bonchev–Trinajstić information content (AvgIpc) is 3.14. The molecule has 0 aromatic heterocycles. The Labute approximate surface area is 178 Å². The van der Waals surface area contributed by atoms with Crippen LogP contribution in [0, 0.1) is 0 Å². The summed E-state index contributed by atoms with van der Waals surface area (Å²) in [6.45, 7) is 7.04. The number of piperidine rings is 1. The Balaban J connectivity index is 1.17. The molecule has 0 aliphatic carbocycles. The molecule has 2 aromatic carbocycles. The van der Waals surface area contributed by atoms with E-state index < -0.39 is 0 Å². The maximum atomic E-state index is 5.55. The fraction of sp³-hybridized carbons (Fsp3) is 0.500. The van der Waals surface area contributed by atoms with Gasteiger partial charge in [0, 0.05) is 68.8 Å². The molecule has 2 fully saturated rings. The maximum absolute atomic E-state index is 5.55. The fourth-order valence-corrected chi connectivity index (χ4v) is 4.94. The maximum Gasteiger partial charge on any atom is 0.231 e. The predicted octanol–water partition coefficient (Wildman–Crippen LogP) is 3.61. The van der Waals surface area contributed by atoms with Gasteiger partial charge in [-0.3, -0.25) is 4.90 Å². The van der Waals surface area contributed by atoms with Gasteiger partial charge in [0.25, 0.3) is 0 Å². The van der Waals surface area contributed by atoms with E-state index in [1.165, 1.54) is 37.2 Å². The molecule has 6 heteroatoms. The Morgan fingerprint density at radius 2 is 1.60 bits per heavy atom. The van der Waals surface area contributed by atoms with E-state index in [1.807, 2.05) is 12.1 Å². The van der Waals surface area contributed by atoms with E-state index in [2.05, 4.69) is 45.0 Å². The average molecular weight is 410 g/mol. The van der Waals surface area contributed by atoms with Gasteiger partial charge in [-0.25, -0.2) is 0 Å². The molecule has 0 spiro atoms. The SMILES string of the molecule is COc1cccc(N2CCCN(C3CCN(c4ccc5c(c4)OCO5)CC3)CC2)c1. The highest BCUT2D eigenvalue weighted by Gasteiger charge is 2.27. The zero-order chi connectivity index (χ0) is 20.3. The standard InChI is InChI=1S/C24H31N3O3/c1-28-22-5-2-4-20(16-22)26-11-3-10-25(14-15-26)19-8-12-27(13-9-19)21-6-7-23-24(17-21)30-18-29-23/h2,4-7,16-17,19H,3,8-15,18H2,1H3. The van der Waals surface area contributed by atoms with E-state index in [0.717, 1.165) is 50.0 Å². The Morgan fingerprint density at radius 3 is 2.47 bits per heavy atom. The number of ether oxygens (including phenoxy) is 3. The third-order valence-electron chi connectivity index (χ3n) is 6.65. The minimum Gasteiger partial charge on any atom is -0.497 e. The minimum absolute atomic E-state index is 0.336. The molecule has 2 saturated heterocycles. The summed E-state index contributed by atoms with van der Waals surface area (Å²) < 4.78 is 16.4. The van der Waals surface area contributed by atoms with Crippen molar-refractivity contribution >= 4 is 11.4 Å². The zero-order valence-corrected chi connectivity index (χ0v) is 17.8. The van der Waals surface area contributed by atoms with E-state index in [1.54, 1.807) is 7.11 Å². The molecule has 0 atom stereocenters. The lowest BCUT2D eigenvalue weighted by Crippen LogP contribution is -2.46. The van der Waals surface area contributed by atoms with Crippen LogP contribution in [0.15, 0.2) is 42.5 Å². The smallest absolute Gasteiger partial charge is 0.231 e. The second-order valence-corrected chi connectivity index (χ2v) is 8.33. The van der Waals surface area contributed by atoms with E-state index in [9.17, 15) is 0 Å². The summed E-state index contributed by atoms with van der Waals surface area (Å²) in [6.07, 6.45) is 3.64. The fourth-order valence-electron chi connectivity index (χ4n) is 4.94. The van der Waals surface area contributed by atoms with Crippen molar-refractivity contribution in [3.63, 3.8) is 0 Å². The van der Waals surface area contributed by atoms with Gasteiger partial charge in [-0.1, -0.05) is 6.07 Å². The van der Waals surface area contributed by atoms with Gasteiger partial charge in [0.2, 0.25) is 6.79 Å². The van der Waals surface area contributed by atoms with E-state index >= 15 is 0 Å². The number of rotatable bonds is 4. The van der Waals surface area contributed by atoms with Crippen molar-refractivity contribution in [3.05, 3.63) is 42.5 Å². The molecule has 160 valence electrons. The highest BCUT2D eigenvalue weighted by molar-refractivity contribution is 5.57. The van der Waals surface area contributed by atoms with Gasteiger partial charge < -0.3 is 24.0 Å². The van der Waals surface area contributed by atoms with Crippen molar-refractivity contribution in [2.75, 3.05) is 63.0 Å². The number of hydrogen-bond acceptors (Lipinski definition) is 6. The van der Waals surface area contributed by atoms with Gasteiger partial charge >= 0.3 is 0 Å². The largest absolute Gasteiger partial charge is 0.497 e. The molecule has 3 heterocycles. The molecule has 5 rings (SSSR count). The summed E-state index contributed by atoms with van der Waals surface area (Å²) >= 11 is 0. The van der Waals surface area contributed by atoms with E-state index in [-0.39, 0.29) is 0 Å². The first-order valence-electron chi connectivity index (χ1n) is 11.1. The summed E-state index contributed by atoms with van der Waals surface area (Å²) in [7, 11) is 1.74. The predicted molar refractivity (Wildman–Crippen MR) is 119 cm³/mol. The van der Waals surface area contributed by atoms with Gasteiger partial charge in [0.1, 0.15) is 5.75 Å². The first-order chi connectivity index (χ1) is 14.8. The summed E-state index contributed by atoms with van der Waals surface area (Å²) in [5.41, 5.74) is 2.52. The van der Waals surface area contributed by atoms with Crippen molar-refractivity contribution in [3.8, 4) is 17.2 Å². The normalized spacial score (nSPS) is 20.3. The van der Waals surface area contributed by atoms with Crippen LogP contribution in [0.3, 0.4) is 0 Å². The van der Waals surface area contributed by atoms with Gasteiger partial charge in [-0.05, 0) is 43.5 Å². The molecule has 0 N–H and O–H groups in total. The lowest BCUT2D eigenvalue weighted by Gasteiger charge is -2.39. The number of benzene rings is 2. The Hall–Kier alpha value is -2.60. The number of methoxy groups -OCH3 is 1. The van der Waals surface area contributed by atoms with Crippen LogP contribution < -0.4 is 24.0 Å². The number of hydrogen-bond donors (Lipinski definition) is 0. The number of anilines is 2. The molecular weight excluding hydrogens is 378 g/mol. The Kier molecular flexibility index (Phi) is 5.58. The molecule has 3 aliphatic rings. The van der Waals surface area contributed by atoms with Crippen molar-refractivity contribution in [2.45, 2.75) is 25.3 Å². The third kappa shape index (κ3) is 4.01. The quantitative estimate of drug-likeness (QED) is 0.768. The summed E-state index contributed by atoms with van der Waals surface area (Å²) in [6, 6.07) is 15.4. The molecule has 3 aliphatic heterocycles. The van der Waals surface area contributed by atoms with Crippen LogP contribution in [0.1, 0.15) is 19.3 Å². The lowest BCUT2D eigenvalue weighted by molar-refractivity contribution is 0.174. The number of fused-ring (bicyclic) bond motifs is 1. The van der Waals surface area contributed by atoms with Gasteiger partial charge in [0.15, 0.2) is 11.5 Å². The van der Waals surface area contributed by atoms with Gasteiger partial charge in [0.05, 0.1) is 7.11 Å². The van der Waals surface area contributed by atoms with E-state index in [0.29, 0.717) is 12.8 Å². The van der Waals surface area contributed by atoms with Crippen molar-refractivity contribution in [2.24, 2.45) is 0 Å². The third-order valence-corrected chi connectivity index (χ3v) is 6.65. The Bertz CT molecular complexity index is 867. The lowest BCUT2D eigenvalue weighted by atomic mass is 10.0. The minimum atomic E-state index is 0.336. The van der Waals surface area contributed by atoms with Gasteiger partial charge in [-0.15, -0.1) is 0 Å². The number of nitrogens with zero attached hydrogens (tertiary/aromatic N) is 3. The summed E-state index contributed by atoms with van der Waals surface area (Å²) in [5, 5.41) is 0. The summed E-state index contributed by atoms with van der Waals surface area (Å²) in [5.74, 6) is 2.67. The second kappa shape index (κ2) is 8.64. The van der Waals surface area contributed by atoms with E-state index in [4.69, 9.17) is 14.2 Å². The molecule has 0 unspecified atom stereocenters. The topological polar surface area (TPSA) is 37.4 Å². The molecule has 0 bridgehead atoms. The second-order valence-electron chi connectivity index (χ2n) is 8.33. The Morgan fingerprint density at radius 1 is 0.800 bits per heavy atom. The van der Waals surface area contributed by atoms with Crippen LogP contribution in [0.5, 0.6) is 17.2 Å². The zero-order valence-electron chi connectivity index (χ0n) is 17.8. The van der Waals surface area contributed by atoms with Crippen molar-refractivity contribution in [1.82, 2.24) is 4.90 Å². The van der Waals surface area contributed by atoms with Crippen LogP contribution in [-0.4, -0.2) is 64.1 Å². The summed E-state index contributed by atoms with van der Waals surface area (Å²) in [4.78, 5) is 7.71. The molecule has 0 amide bonds.